The minimum absolute atomic E-state index is 0.0623. The first-order valence-electron chi connectivity index (χ1n) is 6.33. The molecule has 1 aromatic heterocycles. The van der Waals surface area contributed by atoms with Crippen LogP contribution in [0.25, 0.3) is 5.69 Å². The largest absolute Gasteiger partial charge is 0.481 e. The van der Waals surface area contributed by atoms with Gasteiger partial charge >= 0.3 is 5.97 Å². The van der Waals surface area contributed by atoms with E-state index in [4.69, 9.17) is 16.7 Å². The number of carboxylic acids is 1. The molecule has 0 amide bonds. The van der Waals surface area contributed by atoms with Crippen LogP contribution in [-0.4, -0.2) is 20.6 Å². The topological polar surface area (TPSA) is 55.1 Å². The van der Waals surface area contributed by atoms with E-state index in [0.717, 1.165) is 17.1 Å². The van der Waals surface area contributed by atoms with Crippen LogP contribution in [0.4, 0.5) is 0 Å². The average Bonchev–Trinajstić information content (AvgIpc) is 2.73. The quantitative estimate of drug-likeness (QED) is 0.937. The number of aryl methyl sites for hydroxylation is 1. The summed E-state index contributed by atoms with van der Waals surface area (Å²) < 4.78 is 1.90. The molecule has 0 aliphatic rings. The number of hydrogen-bond donors (Lipinski definition) is 1. The van der Waals surface area contributed by atoms with E-state index in [0.29, 0.717) is 5.02 Å². The predicted octanol–water partition coefficient (Wildman–Crippen LogP) is 3.59. The van der Waals surface area contributed by atoms with Gasteiger partial charge in [-0.15, -0.1) is 0 Å². The summed E-state index contributed by atoms with van der Waals surface area (Å²) in [6, 6.07) is 5.65. The molecule has 0 bridgehead atoms. The normalized spacial score (nSPS) is 11.6. The third kappa shape index (κ3) is 2.85. The maximum atomic E-state index is 10.9. The summed E-state index contributed by atoms with van der Waals surface area (Å²) in [5, 5.41) is 9.56. The Labute approximate surface area is 123 Å². The molecule has 0 saturated carbocycles. The Morgan fingerprint density at radius 1 is 1.45 bits per heavy atom. The van der Waals surface area contributed by atoms with Crippen molar-refractivity contribution < 1.29 is 9.90 Å². The van der Waals surface area contributed by atoms with Gasteiger partial charge in [-0.3, -0.25) is 4.79 Å². The van der Waals surface area contributed by atoms with Crippen molar-refractivity contribution in [2.45, 2.75) is 32.6 Å². The highest BCUT2D eigenvalue weighted by atomic mass is 35.5. The summed E-state index contributed by atoms with van der Waals surface area (Å²) in [7, 11) is 0. The number of imidazole rings is 1. The lowest BCUT2D eigenvalue weighted by atomic mass is 9.81. The summed E-state index contributed by atoms with van der Waals surface area (Å²) in [5.41, 5.74) is 1.29. The van der Waals surface area contributed by atoms with Crippen molar-refractivity contribution in [2.75, 3.05) is 0 Å². The van der Waals surface area contributed by atoms with Crippen molar-refractivity contribution in [3.8, 4) is 5.69 Å². The van der Waals surface area contributed by atoms with Crippen LogP contribution in [0.3, 0.4) is 0 Å². The minimum Gasteiger partial charge on any atom is -0.481 e. The van der Waals surface area contributed by atoms with Crippen molar-refractivity contribution in [3.63, 3.8) is 0 Å². The van der Waals surface area contributed by atoms with Crippen LogP contribution in [0.5, 0.6) is 0 Å². The molecule has 0 fully saturated rings. The molecule has 2 aromatic rings. The number of halogens is 1. The van der Waals surface area contributed by atoms with Gasteiger partial charge < -0.3 is 9.67 Å². The van der Waals surface area contributed by atoms with Crippen molar-refractivity contribution in [3.05, 3.63) is 47.0 Å². The molecule has 106 valence electrons. The maximum absolute atomic E-state index is 10.9. The first-order chi connectivity index (χ1) is 9.31. The van der Waals surface area contributed by atoms with Gasteiger partial charge in [-0.1, -0.05) is 31.5 Å². The zero-order valence-electron chi connectivity index (χ0n) is 11.7. The van der Waals surface area contributed by atoms with Crippen LogP contribution in [0.1, 0.15) is 31.7 Å². The highest BCUT2D eigenvalue weighted by Gasteiger charge is 2.25. The smallest absolute Gasteiger partial charge is 0.304 e. The van der Waals surface area contributed by atoms with Crippen molar-refractivity contribution in [2.24, 2.45) is 0 Å². The molecule has 0 atom stereocenters. The van der Waals surface area contributed by atoms with Gasteiger partial charge in [-0.2, -0.15) is 0 Å². The van der Waals surface area contributed by atoms with Gasteiger partial charge in [0.2, 0.25) is 0 Å². The molecular formula is C15H17ClN2O2. The van der Waals surface area contributed by atoms with E-state index in [9.17, 15) is 4.79 Å². The van der Waals surface area contributed by atoms with Gasteiger partial charge in [-0.25, -0.2) is 4.98 Å². The van der Waals surface area contributed by atoms with Gasteiger partial charge in [0.25, 0.3) is 0 Å². The van der Waals surface area contributed by atoms with E-state index in [1.165, 1.54) is 0 Å². The van der Waals surface area contributed by atoms with E-state index in [1.54, 1.807) is 6.20 Å². The second-order valence-corrected chi connectivity index (χ2v) is 5.87. The first-order valence-corrected chi connectivity index (χ1v) is 6.71. The zero-order valence-corrected chi connectivity index (χ0v) is 12.5. The Morgan fingerprint density at radius 2 is 2.15 bits per heavy atom. The van der Waals surface area contributed by atoms with E-state index in [-0.39, 0.29) is 6.42 Å². The molecule has 0 unspecified atom stereocenters. The number of carbonyl (C=O) groups is 1. The van der Waals surface area contributed by atoms with Crippen molar-refractivity contribution in [1.29, 1.82) is 0 Å². The molecule has 2 rings (SSSR count). The van der Waals surface area contributed by atoms with Crippen LogP contribution in [-0.2, 0) is 10.2 Å². The first kappa shape index (κ1) is 14.6. The molecule has 0 radical (unpaired) electrons. The van der Waals surface area contributed by atoms with Crippen LogP contribution in [0.15, 0.2) is 30.6 Å². The number of carboxylic acid groups (broad SMARTS) is 1. The molecule has 0 saturated heterocycles. The maximum Gasteiger partial charge on any atom is 0.304 e. The van der Waals surface area contributed by atoms with E-state index in [2.05, 4.69) is 4.98 Å². The minimum atomic E-state index is -0.819. The molecule has 1 aromatic carbocycles. The van der Waals surface area contributed by atoms with Crippen molar-refractivity contribution >= 4 is 17.6 Å². The third-order valence-corrected chi connectivity index (χ3v) is 3.71. The molecule has 1 N–H and O–H groups in total. The number of aliphatic carboxylic acids is 1. The SMILES string of the molecule is Cc1nccn1-c1ccc(C(C)(C)CC(=O)O)cc1Cl. The van der Waals surface area contributed by atoms with Crippen LogP contribution in [0, 0.1) is 6.92 Å². The fourth-order valence-electron chi connectivity index (χ4n) is 2.24. The second kappa shape index (κ2) is 5.29. The molecule has 0 aliphatic heterocycles. The van der Waals surface area contributed by atoms with Gasteiger partial charge in [0, 0.05) is 17.8 Å². The zero-order chi connectivity index (χ0) is 14.9. The van der Waals surface area contributed by atoms with E-state index < -0.39 is 11.4 Å². The molecule has 0 aliphatic carbocycles. The van der Waals surface area contributed by atoms with Crippen LogP contribution < -0.4 is 0 Å². The predicted molar refractivity (Wildman–Crippen MR) is 78.6 cm³/mol. The fraction of sp³-hybridized carbons (Fsp3) is 0.333. The van der Waals surface area contributed by atoms with Gasteiger partial charge in [0.15, 0.2) is 0 Å². The Morgan fingerprint density at radius 3 is 2.65 bits per heavy atom. The van der Waals surface area contributed by atoms with Crippen LogP contribution >= 0.6 is 11.6 Å². The van der Waals surface area contributed by atoms with E-state index in [1.807, 2.05) is 49.7 Å². The summed E-state index contributed by atoms with van der Waals surface area (Å²) >= 11 is 6.34. The number of benzene rings is 1. The highest BCUT2D eigenvalue weighted by Crippen LogP contribution is 2.32. The molecular weight excluding hydrogens is 276 g/mol. The Balaban J connectivity index is 2.40. The molecule has 1 heterocycles. The highest BCUT2D eigenvalue weighted by molar-refractivity contribution is 6.32. The number of aromatic nitrogens is 2. The van der Waals surface area contributed by atoms with Gasteiger partial charge in [0.05, 0.1) is 17.1 Å². The lowest BCUT2D eigenvalue weighted by molar-refractivity contribution is -0.138. The monoisotopic (exact) mass is 292 g/mol. The van der Waals surface area contributed by atoms with Gasteiger partial charge in [-0.05, 0) is 24.6 Å². The summed E-state index contributed by atoms with van der Waals surface area (Å²) in [4.78, 5) is 15.1. The third-order valence-electron chi connectivity index (χ3n) is 3.41. The lowest BCUT2D eigenvalue weighted by Gasteiger charge is -2.24. The van der Waals surface area contributed by atoms with Gasteiger partial charge in [0.1, 0.15) is 5.82 Å². The van der Waals surface area contributed by atoms with Crippen molar-refractivity contribution in [1.82, 2.24) is 9.55 Å². The number of nitrogens with zero attached hydrogens (tertiary/aromatic N) is 2. The van der Waals surface area contributed by atoms with Crippen LogP contribution in [0.2, 0.25) is 5.02 Å². The Kier molecular flexibility index (Phi) is 3.86. The molecule has 4 nitrogen and oxygen atoms in total. The second-order valence-electron chi connectivity index (χ2n) is 5.47. The average molecular weight is 293 g/mol. The summed E-state index contributed by atoms with van der Waals surface area (Å²) in [6.45, 7) is 5.70. The fourth-order valence-corrected chi connectivity index (χ4v) is 2.51. The molecule has 5 heteroatoms. The number of rotatable bonds is 4. The van der Waals surface area contributed by atoms with E-state index >= 15 is 0 Å². The lowest BCUT2D eigenvalue weighted by Crippen LogP contribution is -2.21. The summed E-state index contributed by atoms with van der Waals surface area (Å²) in [6.07, 6.45) is 3.62. The molecule has 0 spiro atoms. The standard InChI is InChI=1S/C15H17ClN2O2/c1-10-17-6-7-18(10)13-5-4-11(8-12(13)16)15(2,3)9-14(19)20/h4-8H,9H2,1-3H3,(H,19,20). The Hall–Kier alpha value is -1.81. The summed E-state index contributed by atoms with van der Waals surface area (Å²) in [5.74, 6) is 0.0325. The molecule has 20 heavy (non-hydrogen) atoms. The number of hydrogen-bond acceptors (Lipinski definition) is 2. The Bertz CT molecular complexity index is 647.